The van der Waals surface area contributed by atoms with Crippen LogP contribution in [0.2, 0.25) is 0 Å². The van der Waals surface area contributed by atoms with Gasteiger partial charge in [0.05, 0.1) is 23.2 Å². The van der Waals surface area contributed by atoms with E-state index in [-0.39, 0.29) is 11.3 Å². The summed E-state index contributed by atoms with van der Waals surface area (Å²) in [6.07, 6.45) is 0.0786. The molecule has 0 aliphatic heterocycles. The maximum atomic E-state index is 13.6. The maximum Gasteiger partial charge on any atom is 0.417 e. The third kappa shape index (κ3) is 6.64. The first kappa shape index (κ1) is 27.0. The van der Waals surface area contributed by atoms with E-state index in [0.29, 0.717) is 33.2 Å². The SMILES string of the molecule is C=C(N)c1cccc(NC(=O)C(=C/C)/C=C(\C(=C)C(F)(F)F)N(N)/C=C(\N)c2cnn(C)c2C)c1. The van der Waals surface area contributed by atoms with Crippen molar-refractivity contribution in [2.45, 2.75) is 20.0 Å². The molecular weight excluding hydrogens is 459 g/mol. The number of nitrogens with two attached hydrogens (primary N) is 3. The second-order valence-corrected chi connectivity index (χ2v) is 7.57. The highest BCUT2D eigenvalue weighted by molar-refractivity contribution is 6.06. The third-order valence-electron chi connectivity index (χ3n) is 5.11. The Labute approximate surface area is 201 Å². The number of hydrogen-bond donors (Lipinski definition) is 4. The van der Waals surface area contributed by atoms with Crippen LogP contribution in [-0.4, -0.2) is 26.9 Å². The monoisotopic (exact) mass is 487 g/mol. The quantitative estimate of drug-likeness (QED) is 0.195. The Morgan fingerprint density at radius 3 is 2.43 bits per heavy atom. The minimum atomic E-state index is -4.82. The number of allylic oxidation sites excluding steroid dienone is 2. The lowest BCUT2D eigenvalue weighted by molar-refractivity contribution is -0.112. The summed E-state index contributed by atoms with van der Waals surface area (Å²) in [6.45, 7) is 10.0. The van der Waals surface area contributed by atoms with Crippen LogP contribution in [0.5, 0.6) is 0 Å². The van der Waals surface area contributed by atoms with E-state index in [9.17, 15) is 18.0 Å². The van der Waals surface area contributed by atoms with Crippen molar-refractivity contribution in [3.05, 3.63) is 95.6 Å². The van der Waals surface area contributed by atoms with Crippen molar-refractivity contribution in [1.82, 2.24) is 14.8 Å². The van der Waals surface area contributed by atoms with Crippen LogP contribution < -0.4 is 22.6 Å². The Balaban J connectivity index is 2.44. The first-order valence-electron chi connectivity index (χ1n) is 10.3. The van der Waals surface area contributed by atoms with Crippen LogP contribution in [0, 0.1) is 6.92 Å². The molecule has 1 heterocycles. The zero-order valence-electron chi connectivity index (χ0n) is 19.6. The molecule has 0 fully saturated rings. The molecule has 8 nitrogen and oxygen atoms in total. The van der Waals surface area contributed by atoms with Crippen molar-refractivity contribution in [1.29, 1.82) is 0 Å². The molecule has 1 aromatic carbocycles. The van der Waals surface area contributed by atoms with E-state index in [1.807, 2.05) is 0 Å². The van der Waals surface area contributed by atoms with Crippen LogP contribution >= 0.6 is 0 Å². The van der Waals surface area contributed by atoms with E-state index in [0.717, 1.165) is 12.3 Å². The average molecular weight is 488 g/mol. The number of rotatable bonds is 8. The molecule has 0 saturated heterocycles. The molecule has 186 valence electrons. The van der Waals surface area contributed by atoms with Gasteiger partial charge in [-0.25, -0.2) is 5.84 Å². The van der Waals surface area contributed by atoms with E-state index >= 15 is 0 Å². The third-order valence-corrected chi connectivity index (χ3v) is 5.11. The number of nitrogens with one attached hydrogen (secondary N) is 1. The number of amides is 1. The fourth-order valence-corrected chi connectivity index (χ4v) is 2.96. The van der Waals surface area contributed by atoms with Gasteiger partial charge in [0, 0.05) is 41.5 Å². The molecule has 0 saturated carbocycles. The van der Waals surface area contributed by atoms with Gasteiger partial charge in [-0.1, -0.05) is 31.4 Å². The highest BCUT2D eigenvalue weighted by Crippen LogP contribution is 2.32. The number of carbonyl (C=O) groups excluding carboxylic acids is 1. The van der Waals surface area contributed by atoms with Gasteiger partial charge < -0.3 is 16.8 Å². The Bertz CT molecular complexity index is 1240. The first-order valence-corrected chi connectivity index (χ1v) is 10.3. The van der Waals surface area contributed by atoms with Crippen molar-refractivity contribution < 1.29 is 18.0 Å². The molecule has 0 aliphatic carbocycles. The zero-order chi connectivity index (χ0) is 26.5. The van der Waals surface area contributed by atoms with Gasteiger partial charge in [0.25, 0.3) is 5.91 Å². The van der Waals surface area contributed by atoms with Gasteiger partial charge >= 0.3 is 6.18 Å². The van der Waals surface area contributed by atoms with Crippen LogP contribution in [0.1, 0.15) is 23.7 Å². The molecule has 1 amide bonds. The van der Waals surface area contributed by atoms with Crippen LogP contribution in [-0.2, 0) is 11.8 Å². The largest absolute Gasteiger partial charge is 0.417 e. The van der Waals surface area contributed by atoms with E-state index in [1.54, 1.807) is 42.9 Å². The topological polar surface area (TPSA) is 128 Å². The Morgan fingerprint density at radius 1 is 1.26 bits per heavy atom. The lowest BCUT2D eigenvalue weighted by Crippen LogP contribution is -2.31. The fraction of sp³-hybridized carbons (Fsp3) is 0.167. The maximum absolute atomic E-state index is 13.6. The predicted octanol–water partition coefficient (Wildman–Crippen LogP) is 3.68. The van der Waals surface area contributed by atoms with Gasteiger partial charge in [-0.05, 0) is 37.6 Å². The Kier molecular flexibility index (Phi) is 8.32. The highest BCUT2D eigenvalue weighted by atomic mass is 19.4. The van der Waals surface area contributed by atoms with Crippen molar-refractivity contribution in [2.75, 3.05) is 5.32 Å². The van der Waals surface area contributed by atoms with Crippen LogP contribution in [0.15, 0.2) is 78.8 Å². The van der Waals surface area contributed by atoms with Gasteiger partial charge in [-0.15, -0.1) is 0 Å². The van der Waals surface area contributed by atoms with E-state index in [4.69, 9.17) is 17.3 Å². The molecular formula is C24H28F3N7O. The molecule has 35 heavy (non-hydrogen) atoms. The van der Waals surface area contributed by atoms with Gasteiger partial charge in [-0.3, -0.25) is 14.5 Å². The normalized spacial score (nSPS) is 12.9. The summed E-state index contributed by atoms with van der Waals surface area (Å²) in [7, 11) is 1.69. The second-order valence-electron chi connectivity index (χ2n) is 7.57. The molecule has 11 heteroatoms. The molecule has 1 aromatic heterocycles. The standard InChI is InChI=1S/C24H28F3N7O/c1-6-17(23(35)32-19-9-7-8-18(10-19)15(3)28)11-22(14(2)24(25,26)27)34(30)13-21(29)20-12-31-33(5)16(20)4/h6-13H,2-3,28-30H2,1,4-5H3,(H,32,35)/b17-6+,21-13-,22-11+. The summed E-state index contributed by atoms with van der Waals surface area (Å²) < 4.78 is 42.3. The van der Waals surface area contributed by atoms with Crippen LogP contribution in [0.3, 0.4) is 0 Å². The van der Waals surface area contributed by atoms with Crippen LogP contribution in [0.25, 0.3) is 11.4 Å². The van der Waals surface area contributed by atoms with Crippen molar-refractivity contribution in [3.8, 4) is 0 Å². The van der Waals surface area contributed by atoms with Crippen LogP contribution in [0.4, 0.5) is 18.9 Å². The van der Waals surface area contributed by atoms with Gasteiger partial charge in [-0.2, -0.15) is 18.3 Å². The number of carbonyl (C=O) groups is 1. The molecule has 0 aliphatic rings. The van der Waals surface area contributed by atoms with Crippen molar-refractivity contribution in [2.24, 2.45) is 24.4 Å². The fourth-order valence-electron chi connectivity index (χ4n) is 2.96. The number of anilines is 1. The smallest absolute Gasteiger partial charge is 0.399 e. The second kappa shape index (κ2) is 10.8. The summed E-state index contributed by atoms with van der Waals surface area (Å²) in [5, 5.41) is 7.35. The van der Waals surface area contributed by atoms with E-state index in [2.05, 4.69) is 23.6 Å². The number of halogens is 3. The average Bonchev–Trinajstić information content (AvgIpc) is 3.11. The number of alkyl halides is 3. The summed E-state index contributed by atoms with van der Waals surface area (Å²) in [5.41, 5.74) is 12.3. The minimum Gasteiger partial charge on any atom is -0.399 e. The summed E-state index contributed by atoms with van der Waals surface area (Å²) in [5.74, 6) is 5.28. The number of aromatic nitrogens is 2. The van der Waals surface area contributed by atoms with Crippen molar-refractivity contribution in [3.63, 3.8) is 0 Å². The van der Waals surface area contributed by atoms with Gasteiger partial charge in [0.1, 0.15) is 0 Å². The molecule has 0 radical (unpaired) electrons. The molecule has 0 spiro atoms. The summed E-state index contributed by atoms with van der Waals surface area (Å²) >= 11 is 0. The molecule has 2 aromatic rings. The molecule has 0 unspecified atom stereocenters. The molecule has 0 bridgehead atoms. The zero-order valence-corrected chi connectivity index (χ0v) is 19.6. The lowest BCUT2D eigenvalue weighted by Gasteiger charge is -2.23. The number of hydrogen-bond acceptors (Lipinski definition) is 6. The Morgan fingerprint density at radius 2 is 1.91 bits per heavy atom. The van der Waals surface area contributed by atoms with Crippen molar-refractivity contribution >= 4 is 23.0 Å². The molecule has 2 rings (SSSR count). The number of aryl methyl sites for hydroxylation is 1. The minimum absolute atomic E-state index is 0.0734. The van der Waals surface area contributed by atoms with Gasteiger partial charge in [0.2, 0.25) is 0 Å². The summed E-state index contributed by atoms with van der Waals surface area (Å²) in [6, 6.07) is 6.54. The number of hydrazine groups is 1. The summed E-state index contributed by atoms with van der Waals surface area (Å²) in [4.78, 5) is 12.8. The number of benzene rings is 1. The number of nitrogens with zero attached hydrogens (tertiary/aromatic N) is 3. The molecule has 0 atom stereocenters. The Hall–Kier alpha value is -4.25. The highest BCUT2D eigenvalue weighted by Gasteiger charge is 2.36. The first-order chi connectivity index (χ1) is 16.3. The van der Waals surface area contributed by atoms with E-state index in [1.165, 1.54) is 19.2 Å². The van der Waals surface area contributed by atoms with E-state index < -0.39 is 23.4 Å². The predicted molar refractivity (Wildman–Crippen MR) is 131 cm³/mol. The lowest BCUT2D eigenvalue weighted by atomic mass is 10.1. The molecule has 7 N–H and O–H groups in total. The van der Waals surface area contributed by atoms with Gasteiger partial charge in [0.15, 0.2) is 0 Å².